The molecule has 2 aromatic rings. The maximum Gasteiger partial charge on any atom is 0.309 e. The number of benzene rings is 2. The normalized spacial score (nSPS) is 14.2. The average Bonchev–Trinajstić information content (AvgIpc) is 2.80. The minimum absolute atomic E-state index is 0.446. The molecule has 1 aliphatic heterocycles. The number of piperazine rings is 1. The predicted octanol–water partition coefficient (Wildman–Crippen LogP) is 1.29. The number of hydrogen-bond donors (Lipinski definition) is 2. The Hall–Kier alpha value is -3.06. The Morgan fingerprint density at radius 3 is 2.20 bits per heavy atom. The van der Waals surface area contributed by atoms with Crippen LogP contribution in [0.15, 0.2) is 54.6 Å². The number of nitrogens with zero attached hydrogens (tertiary/aromatic N) is 2. The number of anilines is 1. The molecule has 3 rings (SSSR count). The molecule has 2 N–H and O–H groups in total. The van der Waals surface area contributed by atoms with Crippen molar-refractivity contribution < 1.29 is 14.3 Å². The van der Waals surface area contributed by atoms with Gasteiger partial charge in [0.2, 0.25) is 0 Å². The van der Waals surface area contributed by atoms with Gasteiger partial charge < -0.3 is 20.3 Å². The monoisotopic (exact) mass is 410 g/mol. The fraction of sp³-hybridized carbons (Fsp3) is 0.391. The SMILES string of the molecule is COc1ccccc1N1CCN(CCNC(=O)C(=O)NCCc2ccccc2)CC1. The summed E-state index contributed by atoms with van der Waals surface area (Å²) in [5, 5.41) is 5.38. The molecule has 1 aliphatic rings. The summed E-state index contributed by atoms with van der Waals surface area (Å²) in [7, 11) is 1.69. The van der Waals surface area contributed by atoms with Gasteiger partial charge in [-0.2, -0.15) is 0 Å². The molecule has 0 saturated carbocycles. The topological polar surface area (TPSA) is 73.9 Å². The highest BCUT2D eigenvalue weighted by Crippen LogP contribution is 2.28. The van der Waals surface area contributed by atoms with E-state index in [1.165, 1.54) is 0 Å². The Balaban J connectivity index is 1.32. The summed E-state index contributed by atoms with van der Waals surface area (Å²) in [4.78, 5) is 28.5. The predicted molar refractivity (Wildman–Crippen MR) is 118 cm³/mol. The van der Waals surface area contributed by atoms with Gasteiger partial charge in [0, 0.05) is 45.8 Å². The van der Waals surface area contributed by atoms with E-state index in [4.69, 9.17) is 4.74 Å². The number of rotatable bonds is 8. The van der Waals surface area contributed by atoms with Crippen LogP contribution in [0.4, 0.5) is 5.69 Å². The Bertz CT molecular complexity index is 820. The van der Waals surface area contributed by atoms with Gasteiger partial charge in [0.1, 0.15) is 5.75 Å². The van der Waals surface area contributed by atoms with Crippen molar-refractivity contribution in [3.63, 3.8) is 0 Å². The lowest BCUT2D eigenvalue weighted by Crippen LogP contribution is -2.49. The van der Waals surface area contributed by atoms with Crippen LogP contribution in [0, 0.1) is 0 Å². The van der Waals surface area contributed by atoms with Crippen LogP contribution in [0.25, 0.3) is 0 Å². The van der Waals surface area contributed by atoms with E-state index in [9.17, 15) is 9.59 Å². The van der Waals surface area contributed by atoms with Crippen LogP contribution in [0.5, 0.6) is 5.75 Å². The van der Waals surface area contributed by atoms with E-state index in [0.717, 1.165) is 49.7 Å². The smallest absolute Gasteiger partial charge is 0.309 e. The molecule has 30 heavy (non-hydrogen) atoms. The Labute approximate surface area is 178 Å². The van der Waals surface area contributed by atoms with Gasteiger partial charge >= 0.3 is 11.8 Å². The molecular weight excluding hydrogens is 380 g/mol. The first kappa shape index (κ1) is 21.6. The molecule has 160 valence electrons. The molecule has 1 heterocycles. The number of carbonyl (C=O) groups excluding carboxylic acids is 2. The zero-order chi connectivity index (χ0) is 21.2. The molecule has 0 aromatic heterocycles. The highest BCUT2D eigenvalue weighted by molar-refractivity contribution is 6.35. The fourth-order valence-corrected chi connectivity index (χ4v) is 3.56. The first-order valence-corrected chi connectivity index (χ1v) is 10.4. The number of hydrogen-bond acceptors (Lipinski definition) is 5. The van der Waals surface area contributed by atoms with E-state index in [1.807, 2.05) is 48.5 Å². The second-order valence-electron chi connectivity index (χ2n) is 7.25. The van der Waals surface area contributed by atoms with Crippen LogP contribution in [-0.4, -0.2) is 69.6 Å². The molecule has 7 nitrogen and oxygen atoms in total. The van der Waals surface area contributed by atoms with Gasteiger partial charge in [-0.25, -0.2) is 0 Å². The molecule has 1 fully saturated rings. The van der Waals surface area contributed by atoms with Crippen LogP contribution >= 0.6 is 0 Å². The van der Waals surface area contributed by atoms with Crippen LogP contribution in [-0.2, 0) is 16.0 Å². The summed E-state index contributed by atoms with van der Waals surface area (Å²) in [6, 6.07) is 17.9. The molecule has 0 unspecified atom stereocenters. The second kappa shape index (κ2) is 11.2. The zero-order valence-corrected chi connectivity index (χ0v) is 17.5. The third-order valence-corrected chi connectivity index (χ3v) is 5.26. The number of carbonyl (C=O) groups is 2. The van der Waals surface area contributed by atoms with Crippen molar-refractivity contribution in [3.05, 3.63) is 60.2 Å². The number of ether oxygens (including phenoxy) is 1. The van der Waals surface area contributed by atoms with Crippen molar-refractivity contribution >= 4 is 17.5 Å². The van der Waals surface area contributed by atoms with Crippen molar-refractivity contribution in [1.29, 1.82) is 0 Å². The first-order chi connectivity index (χ1) is 14.7. The van der Waals surface area contributed by atoms with Gasteiger partial charge in [0.25, 0.3) is 0 Å². The summed E-state index contributed by atoms with van der Waals surface area (Å²) < 4.78 is 5.45. The molecule has 0 bridgehead atoms. The summed E-state index contributed by atoms with van der Waals surface area (Å²) in [6.45, 7) is 5.22. The summed E-state index contributed by atoms with van der Waals surface area (Å²) in [5.41, 5.74) is 2.24. The standard InChI is InChI=1S/C23H30N4O3/c1-30-21-10-6-5-9-20(21)27-17-15-26(16-18-27)14-13-25-23(29)22(28)24-12-11-19-7-3-2-4-8-19/h2-10H,11-18H2,1H3,(H,24,28)(H,25,29). The van der Waals surface area contributed by atoms with Gasteiger partial charge in [-0.1, -0.05) is 42.5 Å². The van der Waals surface area contributed by atoms with Crippen molar-refractivity contribution in [1.82, 2.24) is 15.5 Å². The van der Waals surface area contributed by atoms with Gasteiger partial charge in [0.05, 0.1) is 12.8 Å². The summed E-state index contributed by atoms with van der Waals surface area (Å²) in [5.74, 6) is -0.265. The molecule has 0 radical (unpaired) electrons. The quantitative estimate of drug-likeness (QED) is 0.642. The largest absolute Gasteiger partial charge is 0.495 e. The van der Waals surface area contributed by atoms with Gasteiger partial charge in [-0.05, 0) is 24.1 Å². The molecule has 7 heteroatoms. The highest BCUT2D eigenvalue weighted by Gasteiger charge is 2.20. The third-order valence-electron chi connectivity index (χ3n) is 5.26. The maximum atomic E-state index is 12.0. The van der Waals surface area contributed by atoms with Crippen LogP contribution < -0.4 is 20.3 Å². The van der Waals surface area contributed by atoms with Crippen molar-refractivity contribution in [2.75, 3.05) is 57.8 Å². The third kappa shape index (κ3) is 6.22. The van der Waals surface area contributed by atoms with E-state index in [0.29, 0.717) is 19.5 Å². The molecule has 0 aliphatic carbocycles. The summed E-state index contributed by atoms with van der Waals surface area (Å²) >= 11 is 0. The highest BCUT2D eigenvalue weighted by atomic mass is 16.5. The molecule has 2 amide bonds. The maximum absolute atomic E-state index is 12.0. The van der Waals surface area contributed by atoms with E-state index in [1.54, 1.807) is 7.11 Å². The van der Waals surface area contributed by atoms with E-state index in [-0.39, 0.29) is 0 Å². The van der Waals surface area contributed by atoms with Crippen LogP contribution in [0.2, 0.25) is 0 Å². The lowest BCUT2D eigenvalue weighted by molar-refractivity contribution is -0.139. The molecule has 2 aromatic carbocycles. The van der Waals surface area contributed by atoms with E-state index in [2.05, 4.69) is 26.5 Å². The lowest BCUT2D eigenvalue weighted by Gasteiger charge is -2.36. The molecule has 0 atom stereocenters. The Morgan fingerprint density at radius 2 is 1.50 bits per heavy atom. The average molecular weight is 411 g/mol. The van der Waals surface area contributed by atoms with Gasteiger partial charge in [-0.3, -0.25) is 14.5 Å². The van der Waals surface area contributed by atoms with Gasteiger partial charge in [0.15, 0.2) is 0 Å². The lowest BCUT2D eigenvalue weighted by atomic mass is 10.1. The second-order valence-corrected chi connectivity index (χ2v) is 7.25. The molecular formula is C23H30N4O3. The minimum Gasteiger partial charge on any atom is -0.495 e. The Morgan fingerprint density at radius 1 is 0.867 bits per heavy atom. The van der Waals surface area contributed by atoms with Crippen LogP contribution in [0.3, 0.4) is 0 Å². The summed E-state index contributed by atoms with van der Waals surface area (Å²) in [6.07, 6.45) is 0.705. The number of para-hydroxylation sites is 2. The van der Waals surface area contributed by atoms with Crippen molar-refractivity contribution in [2.45, 2.75) is 6.42 Å². The number of methoxy groups -OCH3 is 1. The molecule has 0 spiro atoms. The number of nitrogens with one attached hydrogen (secondary N) is 2. The Kier molecular flexibility index (Phi) is 8.09. The minimum atomic E-state index is -0.577. The molecule has 1 saturated heterocycles. The van der Waals surface area contributed by atoms with Crippen LogP contribution in [0.1, 0.15) is 5.56 Å². The van der Waals surface area contributed by atoms with Crippen molar-refractivity contribution in [2.24, 2.45) is 0 Å². The van der Waals surface area contributed by atoms with E-state index >= 15 is 0 Å². The fourth-order valence-electron chi connectivity index (χ4n) is 3.56. The first-order valence-electron chi connectivity index (χ1n) is 10.4. The zero-order valence-electron chi connectivity index (χ0n) is 17.5. The van der Waals surface area contributed by atoms with E-state index < -0.39 is 11.8 Å². The van der Waals surface area contributed by atoms with Crippen molar-refractivity contribution in [3.8, 4) is 5.75 Å². The number of amides is 2. The van der Waals surface area contributed by atoms with Gasteiger partial charge in [-0.15, -0.1) is 0 Å².